The van der Waals surface area contributed by atoms with E-state index in [0.717, 1.165) is 25.7 Å². The van der Waals surface area contributed by atoms with E-state index in [2.05, 4.69) is 10.3 Å². The Bertz CT molecular complexity index is 1030. The van der Waals surface area contributed by atoms with Crippen molar-refractivity contribution in [2.24, 2.45) is 0 Å². The highest BCUT2D eigenvalue weighted by Gasteiger charge is 2.22. The quantitative estimate of drug-likeness (QED) is 0.546. The second-order valence-corrected chi connectivity index (χ2v) is 8.07. The summed E-state index contributed by atoms with van der Waals surface area (Å²) in [5, 5.41) is 4.01. The van der Waals surface area contributed by atoms with Gasteiger partial charge in [0.05, 0.1) is 5.02 Å². The number of aromatic nitrogens is 2. The van der Waals surface area contributed by atoms with Gasteiger partial charge in [0.15, 0.2) is 0 Å². The lowest BCUT2D eigenvalue weighted by molar-refractivity contribution is 0.0923. The minimum Gasteiger partial charge on any atom is -0.348 e. The molecule has 2 aromatic carbocycles. The Kier molecular flexibility index (Phi) is 5.88. The van der Waals surface area contributed by atoms with Crippen LogP contribution in [-0.2, 0) is 0 Å². The van der Waals surface area contributed by atoms with Crippen LogP contribution < -0.4 is 5.32 Å². The summed E-state index contributed by atoms with van der Waals surface area (Å²) in [4.78, 5) is 17.4. The van der Waals surface area contributed by atoms with Gasteiger partial charge < -0.3 is 5.32 Å². The lowest BCUT2D eigenvalue weighted by Crippen LogP contribution is -2.36. The number of nitrogens with zero attached hydrogens (tertiary/aromatic N) is 2. The summed E-state index contributed by atoms with van der Waals surface area (Å²) in [6.45, 7) is 0. The van der Waals surface area contributed by atoms with Gasteiger partial charge in [-0.2, -0.15) is 0 Å². The highest BCUT2D eigenvalue weighted by atomic mass is 35.5. The molecular formula is C22H20Cl2FN3O. The first-order chi connectivity index (χ1) is 14.0. The average molecular weight is 432 g/mol. The summed E-state index contributed by atoms with van der Waals surface area (Å²) in [5.41, 5.74) is 1.61. The molecule has 0 bridgehead atoms. The van der Waals surface area contributed by atoms with Crippen LogP contribution in [0.1, 0.15) is 42.6 Å². The van der Waals surface area contributed by atoms with Gasteiger partial charge in [0.1, 0.15) is 17.3 Å². The fourth-order valence-electron chi connectivity index (χ4n) is 3.66. The first-order valence-electron chi connectivity index (χ1n) is 9.63. The number of halogens is 3. The standard InChI is InChI=1S/C22H20Cl2FN3O/c23-14-6-11-18(19(24)12-14)21-27-20(22(29)26-16-4-2-1-3-5-16)13-28(21)17-9-7-15(25)8-10-17/h6-13,16H,1-5H2,(H,26,29). The Balaban J connectivity index is 1.73. The summed E-state index contributed by atoms with van der Waals surface area (Å²) in [6.07, 6.45) is 7.10. The number of benzene rings is 2. The predicted octanol–water partition coefficient (Wildman–Crippen LogP) is 6.05. The van der Waals surface area contributed by atoms with E-state index in [0.29, 0.717) is 32.8 Å². The fraction of sp³-hybridized carbons (Fsp3) is 0.273. The number of nitrogens with one attached hydrogen (secondary N) is 1. The van der Waals surface area contributed by atoms with Crippen LogP contribution in [0.3, 0.4) is 0 Å². The van der Waals surface area contributed by atoms with Gasteiger partial charge in [0.2, 0.25) is 0 Å². The highest BCUT2D eigenvalue weighted by Crippen LogP contribution is 2.31. The molecule has 29 heavy (non-hydrogen) atoms. The normalized spacial score (nSPS) is 14.7. The van der Waals surface area contributed by atoms with E-state index in [4.69, 9.17) is 23.2 Å². The Hall–Kier alpha value is -2.37. The number of rotatable bonds is 4. The molecule has 0 saturated heterocycles. The third kappa shape index (κ3) is 4.46. The van der Waals surface area contributed by atoms with Crippen LogP contribution >= 0.6 is 23.2 Å². The summed E-state index contributed by atoms with van der Waals surface area (Å²) in [6, 6.07) is 11.3. The molecule has 0 radical (unpaired) electrons. The van der Waals surface area contributed by atoms with Gasteiger partial charge in [-0.1, -0.05) is 42.5 Å². The van der Waals surface area contributed by atoms with Gasteiger partial charge in [0, 0.05) is 28.5 Å². The minimum absolute atomic E-state index is 0.176. The van der Waals surface area contributed by atoms with E-state index in [1.54, 1.807) is 41.1 Å². The second-order valence-electron chi connectivity index (χ2n) is 7.23. The largest absolute Gasteiger partial charge is 0.348 e. The number of carbonyl (C=O) groups is 1. The van der Waals surface area contributed by atoms with Crippen molar-refractivity contribution in [2.75, 3.05) is 0 Å². The molecule has 1 aliphatic rings. The zero-order valence-corrected chi connectivity index (χ0v) is 17.2. The number of imidazole rings is 1. The molecule has 1 aliphatic carbocycles. The van der Waals surface area contributed by atoms with Crippen molar-refractivity contribution in [3.05, 3.63) is 70.2 Å². The maximum absolute atomic E-state index is 13.4. The molecule has 0 unspecified atom stereocenters. The zero-order chi connectivity index (χ0) is 20.4. The highest BCUT2D eigenvalue weighted by molar-refractivity contribution is 6.36. The molecule has 150 valence electrons. The monoisotopic (exact) mass is 431 g/mol. The molecular weight excluding hydrogens is 412 g/mol. The third-order valence-corrected chi connectivity index (χ3v) is 5.70. The number of hydrogen-bond acceptors (Lipinski definition) is 2. The van der Waals surface area contributed by atoms with E-state index in [-0.39, 0.29) is 17.8 Å². The molecule has 0 atom stereocenters. The second kappa shape index (κ2) is 8.56. The number of amides is 1. The van der Waals surface area contributed by atoms with E-state index >= 15 is 0 Å². The van der Waals surface area contributed by atoms with Gasteiger partial charge in [0.25, 0.3) is 5.91 Å². The van der Waals surface area contributed by atoms with Gasteiger partial charge >= 0.3 is 0 Å². The van der Waals surface area contributed by atoms with Crippen LogP contribution in [0.25, 0.3) is 17.1 Å². The smallest absolute Gasteiger partial charge is 0.271 e. The summed E-state index contributed by atoms with van der Waals surface area (Å²) in [7, 11) is 0. The van der Waals surface area contributed by atoms with E-state index in [1.807, 2.05) is 0 Å². The van der Waals surface area contributed by atoms with E-state index < -0.39 is 0 Å². The maximum atomic E-state index is 13.4. The van der Waals surface area contributed by atoms with Crippen molar-refractivity contribution < 1.29 is 9.18 Å². The summed E-state index contributed by atoms with van der Waals surface area (Å²) in [5.74, 6) is -0.0635. The molecule has 3 aromatic rings. The van der Waals surface area contributed by atoms with Crippen molar-refractivity contribution in [1.29, 1.82) is 0 Å². The molecule has 1 saturated carbocycles. The van der Waals surface area contributed by atoms with Crippen LogP contribution in [0.4, 0.5) is 4.39 Å². The SMILES string of the molecule is O=C(NC1CCCCC1)c1cn(-c2ccc(F)cc2)c(-c2ccc(Cl)cc2Cl)n1. The zero-order valence-electron chi connectivity index (χ0n) is 15.7. The van der Waals surface area contributed by atoms with Crippen molar-refractivity contribution in [3.63, 3.8) is 0 Å². The number of carbonyl (C=O) groups excluding carboxylic acids is 1. The van der Waals surface area contributed by atoms with Crippen LogP contribution in [0.5, 0.6) is 0 Å². The van der Waals surface area contributed by atoms with Crippen molar-refractivity contribution in [3.8, 4) is 17.1 Å². The summed E-state index contributed by atoms with van der Waals surface area (Å²) >= 11 is 12.4. The van der Waals surface area contributed by atoms with Crippen LogP contribution in [0.2, 0.25) is 10.0 Å². The lowest BCUT2D eigenvalue weighted by atomic mass is 9.95. The molecule has 1 N–H and O–H groups in total. The molecule has 4 nitrogen and oxygen atoms in total. The molecule has 1 fully saturated rings. The third-order valence-electron chi connectivity index (χ3n) is 5.16. The molecule has 7 heteroatoms. The predicted molar refractivity (Wildman–Crippen MR) is 113 cm³/mol. The molecule has 1 aromatic heterocycles. The van der Waals surface area contributed by atoms with Crippen LogP contribution in [0, 0.1) is 5.82 Å². The van der Waals surface area contributed by atoms with Crippen molar-refractivity contribution in [1.82, 2.24) is 14.9 Å². The minimum atomic E-state index is -0.338. The van der Waals surface area contributed by atoms with Gasteiger partial charge in [-0.3, -0.25) is 9.36 Å². The molecule has 0 spiro atoms. The van der Waals surface area contributed by atoms with Gasteiger partial charge in [-0.15, -0.1) is 0 Å². The first-order valence-corrected chi connectivity index (χ1v) is 10.4. The maximum Gasteiger partial charge on any atom is 0.271 e. The Morgan fingerprint density at radius 2 is 1.79 bits per heavy atom. The van der Waals surface area contributed by atoms with E-state index in [9.17, 15) is 9.18 Å². The van der Waals surface area contributed by atoms with Crippen LogP contribution in [-0.4, -0.2) is 21.5 Å². The van der Waals surface area contributed by atoms with Gasteiger partial charge in [-0.25, -0.2) is 9.37 Å². The summed E-state index contributed by atoms with van der Waals surface area (Å²) < 4.78 is 15.1. The molecule has 4 rings (SSSR count). The van der Waals surface area contributed by atoms with Gasteiger partial charge in [-0.05, 0) is 55.3 Å². The Labute approximate surface area is 178 Å². The first kappa shape index (κ1) is 19.9. The van der Waals surface area contributed by atoms with Crippen molar-refractivity contribution >= 4 is 29.1 Å². The lowest BCUT2D eigenvalue weighted by Gasteiger charge is -2.22. The molecule has 1 amide bonds. The number of hydrogen-bond donors (Lipinski definition) is 1. The Morgan fingerprint density at radius 3 is 2.48 bits per heavy atom. The van der Waals surface area contributed by atoms with E-state index in [1.165, 1.54) is 18.6 Å². The molecule has 0 aliphatic heterocycles. The topological polar surface area (TPSA) is 46.9 Å². The van der Waals surface area contributed by atoms with Crippen LogP contribution in [0.15, 0.2) is 48.7 Å². The molecule has 1 heterocycles. The Morgan fingerprint density at radius 1 is 1.07 bits per heavy atom. The average Bonchev–Trinajstić information content (AvgIpc) is 3.14. The van der Waals surface area contributed by atoms with Crippen molar-refractivity contribution in [2.45, 2.75) is 38.1 Å². The fourth-order valence-corrected chi connectivity index (χ4v) is 4.15.